The van der Waals surface area contributed by atoms with Crippen molar-refractivity contribution < 1.29 is 14.3 Å². The van der Waals surface area contributed by atoms with Crippen molar-refractivity contribution in [1.29, 1.82) is 0 Å². The van der Waals surface area contributed by atoms with E-state index >= 15 is 0 Å². The molecule has 0 aliphatic rings. The number of carbonyl (C=O) groups is 1. The highest BCUT2D eigenvalue weighted by molar-refractivity contribution is 9.10. The first kappa shape index (κ1) is 16.2. The molecule has 0 N–H and O–H groups in total. The molecule has 0 saturated heterocycles. The molecule has 19 heavy (non-hydrogen) atoms. The summed E-state index contributed by atoms with van der Waals surface area (Å²) < 4.78 is 11.2. The molecule has 0 saturated carbocycles. The van der Waals surface area contributed by atoms with Crippen LogP contribution in [0.25, 0.3) is 0 Å². The average Bonchev–Trinajstić information content (AvgIpc) is 2.43. The van der Waals surface area contributed by atoms with Gasteiger partial charge in [0.1, 0.15) is 0 Å². The van der Waals surface area contributed by atoms with Gasteiger partial charge < -0.3 is 9.47 Å². The highest BCUT2D eigenvalue weighted by Crippen LogP contribution is 2.20. The zero-order chi connectivity index (χ0) is 14.1. The van der Waals surface area contributed by atoms with Crippen LogP contribution in [0, 0.1) is 0 Å². The Kier molecular flexibility index (Phi) is 7.75. The quantitative estimate of drug-likeness (QED) is 0.526. The van der Waals surface area contributed by atoms with Crippen LogP contribution in [0.3, 0.4) is 0 Å². The summed E-state index contributed by atoms with van der Waals surface area (Å²) in [7, 11) is 1.38. The van der Waals surface area contributed by atoms with E-state index in [0.717, 1.165) is 23.1 Å². The standard InChI is InChI=1S/C15H21BrO3/c1-3-4-5-6-9-19-11-13-8-7-12(10-14(13)16)15(17)18-2/h7-8,10H,3-6,9,11H2,1-2H3. The van der Waals surface area contributed by atoms with Gasteiger partial charge in [0.15, 0.2) is 0 Å². The summed E-state index contributed by atoms with van der Waals surface area (Å²) in [5, 5.41) is 0. The molecule has 0 bridgehead atoms. The lowest BCUT2D eigenvalue weighted by molar-refractivity contribution is 0.0600. The van der Waals surface area contributed by atoms with E-state index in [2.05, 4.69) is 27.6 Å². The summed E-state index contributed by atoms with van der Waals surface area (Å²) >= 11 is 3.45. The van der Waals surface area contributed by atoms with Gasteiger partial charge in [0.25, 0.3) is 0 Å². The largest absolute Gasteiger partial charge is 0.465 e. The topological polar surface area (TPSA) is 35.5 Å². The van der Waals surface area contributed by atoms with Gasteiger partial charge in [-0.2, -0.15) is 0 Å². The fourth-order valence-corrected chi connectivity index (χ4v) is 2.22. The van der Waals surface area contributed by atoms with Crippen LogP contribution in [-0.2, 0) is 16.1 Å². The number of benzene rings is 1. The number of unbranched alkanes of at least 4 members (excludes halogenated alkanes) is 3. The molecule has 0 aromatic heterocycles. The first-order valence-electron chi connectivity index (χ1n) is 6.63. The van der Waals surface area contributed by atoms with Crippen LogP contribution in [0.2, 0.25) is 0 Å². The van der Waals surface area contributed by atoms with E-state index in [1.54, 1.807) is 12.1 Å². The maximum absolute atomic E-state index is 11.4. The molecule has 4 heteroatoms. The van der Waals surface area contributed by atoms with Crippen LogP contribution in [0.15, 0.2) is 22.7 Å². The molecule has 106 valence electrons. The van der Waals surface area contributed by atoms with Crippen LogP contribution in [-0.4, -0.2) is 19.7 Å². The van der Waals surface area contributed by atoms with Gasteiger partial charge in [0.05, 0.1) is 19.3 Å². The minimum absolute atomic E-state index is 0.326. The van der Waals surface area contributed by atoms with Crippen LogP contribution in [0.5, 0.6) is 0 Å². The maximum atomic E-state index is 11.4. The van der Waals surface area contributed by atoms with Crippen LogP contribution < -0.4 is 0 Å². The maximum Gasteiger partial charge on any atom is 0.337 e. The number of ether oxygens (including phenoxy) is 2. The third-order valence-electron chi connectivity index (χ3n) is 2.87. The number of halogens is 1. The summed E-state index contributed by atoms with van der Waals surface area (Å²) in [4.78, 5) is 11.4. The van der Waals surface area contributed by atoms with Gasteiger partial charge in [-0.15, -0.1) is 0 Å². The van der Waals surface area contributed by atoms with Crippen molar-refractivity contribution in [3.05, 3.63) is 33.8 Å². The van der Waals surface area contributed by atoms with E-state index in [1.807, 2.05) is 6.07 Å². The zero-order valence-electron chi connectivity index (χ0n) is 11.6. The van der Waals surface area contributed by atoms with Crippen molar-refractivity contribution in [2.24, 2.45) is 0 Å². The second-order valence-electron chi connectivity index (χ2n) is 4.41. The minimum Gasteiger partial charge on any atom is -0.465 e. The van der Waals surface area contributed by atoms with Crippen molar-refractivity contribution in [3.8, 4) is 0 Å². The molecule has 0 amide bonds. The van der Waals surface area contributed by atoms with Gasteiger partial charge in [-0.3, -0.25) is 0 Å². The first-order valence-corrected chi connectivity index (χ1v) is 7.42. The summed E-state index contributed by atoms with van der Waals surface area (Å²) in [5.41, 5.74) is 1.59. The Bertz CT molecular complexity index is 404. The highest BCUT2D eigenvalue weighted by atomic mass is 79.9. The second kappa shape index (κ2) is 9.10. The SMILES string of the molecule is CCCCCCOCc1ccc(C(=O)OC)cc1Br. The Labute approximate surface area is 123 Å². The van der Waals surface area contributed by atoms with E-state index in [0.29, 0.717) is 12.2 Å². The second-order valence-corrected chi connectivity index (χ2v) is 5.27. The molecule has 0 unspecified atom stereocenters. The Balaban J connectivity index is 2.40. The molecule has 0 heterocycles. The van der Waals surface area contributed by atoms with Gasteiger partial charge in [-0.25, -0.2) is 4.79 Å². The average molecular weight is 329 g/mol. The Morgan fingerprint density at radius 3 is 2.68 bits per heavy atom. The zero-order valence-corrected chi connectivity index (χ0v) is 13.2. The number of methoxy groups -OCH3 is 1. The minimum atomic E-state index is -0.326. The smallest absolute Gasteiger partial charge is 0.337 e. The van der Waals surface area contributed by atoms with Crippen molar-refractivity contribution in [3.63, 3.8) is 0 Å². The molecule has 0 aliphatic heterocycles. The monoisotopic (exact) mass is 328 g/mol. The Hall–Kier alpha value is -0.870. The predicted octanol–water partition coefficient (Wildman–Crippen LogP) is 4.33. The third-order valence-corrected chi connectivity index (χ3v) is 3.61. The van der Waals surface area contributed by atoms with Gasteiger partial charge >= 0.3 is 5.97 Å². The van der Waals surface area contributed by atoms with Crippen LogP contribution >= 0.6 is 15.9 Å². The van der Waals surface area contributed by atoms with E-state index in [-0.39, 0.29) is 5.97 Å². The molecule has 0 radical (unpaired) electrons. The van der Waals surface area contributed by atoms with Crippen molar-refractivity contribution in [1.82, 2.24) is 0 Å². The van der Waals surface area contributed by atoms with E-state index < -0.39 is 0 Å². The van der Waals surface area contributed by atoms with Gasteiger partial charge in [0, 0.05) is 11.1 Å². The lowest BCUT2D eigenvalue weighted by Crippen LogP contribution is -2.02. The lowest BCUT2D eigenvalue weighted by atomic mass is 10.1. The number of esters is 1. The molecule has 1 aromatic carbocycles. The van der Waals surface area contributed by atoms with E-state index in [1.165, 1.54) is 26.4 Å². The summed E-state index contributed by atoms with van der Waals surface area (Å²) in [6, 6.07) is 5.41. The molecule has 0 aliphatic carbocycles. The van der Waals surface area contributed by atoms with Gasteiger partial charge in [0.2, 0.25) is 0 Å². The summed E-state index contributed by atoms with van der Waals surface area (Å²) in [6.45, 7) is 3.54. The fraction of sp³-hybridized carbons (Fsp3) is 0.533. The molecule has 0 atom stereocenters. The number of hydrogen-bond acceptors (Lipinski definition) is 3. The molecule has 0 spiro atoms. The number of carbonyl (C=O) groups excluding carboxylic acids is 1. The van der Waals surface area contributed by atoms with E-state index in [9.17, 15) is 4.79 Å². The van der Waals surface area contributed by atoms with Crippen LogP contribution in [0.1, 0.15) is 48.5 Å². The third kappa shape index (κ3) is 5.74. The van der Waals surface area contributed by atoms with Crippen molar-refractivity contribution in [2.45, 2.75) is 39.2 Å². The summed E-state index contributed by atoms with van der Waals surface area (Å²) in [6.07, 6.45) is 4.83. The van der Waals surface area contributed by atoms with Crippen molar-refractivity contribution in [2.75, 3.05) is 13.7 Å². The molecule has 0 fully saturated rings. The molecule has 3 nitrogen and oxygen atoms in total. The fourth-order valence-electron chi connectivity index (χ4n) is 1.72. The highest BCUT2D eigenvalue weighted by Gasteiger charge is 2.08. The molecule has 1 aromatic rings. The first-order chi connectivity index (χ1) is 9.19. The Morgan fingerprint density at radius 2 is 2.05 bits per heavy atom. The molecule has 1 rings (SSSR count). The Morgan fingerprint density at radius 1 is 1.26 bits per heavy atom. The molecular weight excluding hydrogens is 308 g/mol. The normalized spacial score (nSPS) is 10.5. The van der Waals surface area contributed by atoms with Gasteiger partial charge in [-0.1, -0.05) is 48.2 Å². The molecular formula is C15H21BrO3. The van der Waals surface area contributed by atoms with Crippen molar-refractivity contribution >= 4 is 21.9 Å². The number of hydrogen-bond donors (Lipinski definition) is 0. The predicted molar refractivity (Wildman–Crippen MR) is 79.3 cm³/mol. The van der Waals surface area contributed by atoms with Gasteiger partial charge in [-0.05, 0) is 24.1 Å². The number of rotatable bonds is 8. The lowest BCUT2D eigenvalue weighted by Gasteiger charge is -2.08. The van der Waals surface area contributed by atoms with Crippen LogP contribution in [0.4, 0.5) is 0 Å². The van der Waals surface area contributed by atoms with E-state index in [4.69, 9.17) is 4.74 Å². The summed E-state index contributed by atoms with van der Waals surface area (Å²) in [5.74, 6) is -0.326.